The summed E-state index contributed by atoms with van der Waals surface area (Å²) in [5, 5.41) is 0. The molecule has 1 heterocycles. The largest absolute Gasteiger partial charge is 0.306 e. The maximum Gasteiger partial charge on any atom is 0.272 e. The van der Waals surface area contributed by atoms with Crippen molar-refractivity contribution in [1.29, 1.82) is 0 Å². The van der Waals surface area contributed by atoms with Crippen LogP contribution in [0.15, 0.2) is 23.6 Å². The van der Waals surface area contributed by atoms with Crippen molar-refractivity contribution >= 4 is 0 Å². The van der Waals surface area contributed by atoms with Crippen LogP contribution >= 0.6 is 0 Å². The Hall–Kier alpha value is -1.38. The fourth-order valence-corrected chi connectivity index (χ4v) is 1.03. The van der Waals surface area contributed by atoms with Crippen LogP contribution in [-0.4, -0.2) is 9.55 Å². The highest BCUT2D eigenvalue weighted by Gasteiger charge is 2.00. The Morgan fingerprint density at radius 3 is 2.92 bits per heavy atom. The standard InChI is InChI=1S/C9H12N2O/c1-4-5-11-7(2)6-10-8(3)9(11)12/h4,6H,1,5H2,2-3H3. The van der Waals surface area contributed by atoms with Gasteiger partial charge in [-0.15, -0.1) is 6.58 Å². The third kappa shape index (κ3) is 1.44. The van der Waals surface area contributed by atoms with Crippen molar-refractivity contribution in [3.8, 4) is 0 Å². The minimum absolute atomic E-state index is 0.0325. The highest BCUT2D eigenvalue weighted by Crippen LogP contribution is 1.93. The van der Waals surface area contributed by atoms with Crippen LogP contribution in [-0.2, 0) is 6.54 Å². The summed E-state index contributed by atoms with van der Waals surface area (Å²) in [6, 6.07) is 0. The zero-order valence-corrected chi connectivity index (χ0v) is 7.37. The fraction of sp³-hybridized carbons (Fsp3) is 0.333. The van der Waals surface area contributed by atoms with Gasteiger partial charge in [0.15, 0.2) is 0 Å². The van der Waals surface area contributed by atoms with Crippen molar-refractivity contribution in [2.75, 3.05) is 0 Å². The Bertz CT molecular complexity index is 352. The molecule has 0 N–H and O–H groups in total. The van der Waals surface area contributed by atoms with E-state index < -0.39 is 0 Å². The number of allylic oxidation sites excluding steroid dienone is 1. The van der Waals surface area contributed by atoms with E-state index in [4.69, 9.17) is 0 Å². The number of aromatic nitrogens is 2. The van der Waals surface area contributed by atoms with E-state index in [1.807, 2.05) is 6.92 Å². The predicted octanol–water partition coefficient (Wildman–Crippen LogP) is 1.05. The van der Waals surface area contributed by atoms with E-state index in [-0.39, 0.29) is 5.56 Å². The summed E-state index contributed by atoms with van der Waals surface area (Å²) < 4.78 is 1.65. The predicted molar refractivity (Wildman–Crippen MR) is 48.2 cm³/mol. The lowest BCUT2D eigenvalue weighted by molar-refractivity contribution is 0.724. The lowest BCUT2D eigenvalue weighted by Crippen LogP contribution is -2.24. The lowest BCUT2D eigenvalue weighted by atomic mass is 10.4. The molecule has 0 aliphatic carbocycles. The maximum absolute atomic E-state index is 11.4. The van der Waals surface area contributed by atoms with Gasteiger partial charge < -0.3 is 4.57 Å². The van der Waals surface area contributed by atoms with E-state index in [0.29, 0.717) is 12.2 Å². The van der Waals surface area contributed by atoms with Gasteiger partial charge in [0.2, 0.25) is 0 Å². The fourth-order valence-electron chi connectivity index (χ4n) is 1.03. The molecule has 1 aromatic heterocycles. The monoisotopic (exact) mass is 164 g/mol. The molecule has 0 aliphatic heterocycles. The van der Waals surface area contributed by atoms with E-state index in [2.05, 4.69) is 11.6 Å². The van der Waals surface area contributed by atoms with Crippen LogP contribution in [0.4, 0.5) is 0 Å². The molecule has 0 radical (unpaired) electrons. The highest BCUT2D eigenvalue weighted by atomic mass is 16.1. The van der Waals surface area contributed by atoms with Crippen LogP contribution in [0.5, 0.6) is 0 Å². The SMILES string of the molecule is C=CCn1c(C)cnc(C)c1=O. The van der Waals surface area contributed by atoms with Gasteiger partial charge in [-0.1, -0.05) is 6.08 Å². The molecule has 64 valence electrons. The summed E-state index contributed by atoms with van der Waals surface area (Å²) in [6.07, 6.45) is 3.40. The second kappa shape index (κ2) is 3.34. The van der Waals surface area contributed by atoms with Crippen molar-refractivity contribution in [1.82, 2.24) is 9.55 Å². The van der Waals surface area contributed by atoms with E-state index in [1.54, 1.807) is 23.8 Å². The second-order valence-electron chi connectivity index (χ2n) is 2.69. The molecule has 0 unspecified atom stereocenters. The molecule has 0 aromatic carbocycles. The number of aryl methyl sites for hydroxylation is 2. The zero-order valence-electron chi connectivity index (χ0n) is 7.37. The van der Waals surface area contributed by atoms with E-state index in [0.717, 1.165) is 5.69 Å². The van der Waals surface area contributed by atoms with Gasteiger partial charge in [0.1, 0.15) is 5.69 Å². The van der Waals surface area contributed by atoms with Crippen LogP contribution in [0.2, 0.25) is 0 Å². The van der Waals surface area contributed by atoms with Crippen molar-refractivity contribution in [2.45, 2.75) is 20.4 Å². The molecule has 1 aromatic rings. The van der Waals surface area contributed by atoms with Gasteiger partial charge in [-0.3, -0.25) is 9.78 Å². The maximum atomic E-state index is 11.4. The molecule has 0 fully saturated rings. The average Bonchev–Trinajstić information content (AvgIpc) is 2.06. The van der Waals surface area contributed by atoms with Gasteiger partial charge in [-0.25, -0.2) is 0 Å². The van der Waals surface area contributed by atoms with Crippen LogP contribution < -0.4 is 5.56 Å². The van der Waals surface area contributed by atoms with Gasteiger partial charge in [0.25, 0.3) is 5.56 Å². The molecule has 3 nitrogen and oxygen atoms in total. The van der Waals surface area contributed by atoms with Gasteiger partial charge in [0.05, 0.1) is 0 Å². The summed E-state index contributed by atoms with van der Waals surface area (Å²) >= 11 is 0. The van der Waals surface area contributed by atoms with Crippen molar-refractivity contribution < 1.29 is 0 Å². The van der Waals surface area contributed by atoms with E-state index in [9.17, 15) is 4.79 Å². The smallest absolute Gasteiger partial charge is 0.272 e. The molecule has 0 saturated heterocycles. The van der Waals surface area contributed by atoms with Crippen LogP contribution in [0.1, 0.15) is 11.4 Å². The molecule has 0 amide bonds. The first-order chi connectivity index (χ1) is 5.66. The van der Waals surface area contributed by atoms with Gasteiger partial charge in [-0.05, 0) is 13.8 Å². The Labute approximate surface area is 71.4 Å². The summed E-state index contributed by atoms with van der Waals surface area (Å²) in [5.74, 6) is 0. The molecule has 0 aliphatic rings. The first kappa shape index (κ1) is 8.71. The van der Waals surface area contributed by atoms with Gasteiger partial charge in [0, 0.05) is 18.4 Å². The molecule has 0 spiro atoms. The Kier molecular flexibility index (Phi) is 2.43. The number of hydrogen-bond donors (Lipinski definition) is 0. The topological polar surface area (TPSA) is 34.9 Å². The number of rotatable bonds is 2. The second-order valence-corrected chi connectivity index (χ2v) is 2.69. The van der Waals surface area contributed by atoms with Crippen molar-refractivity contribution in [2.24, 2.45) is 0 Å². The van der Waals surface area contributed by atoms with Gasteiger partial charge >= 0.3 is 0 Å². The summed E-state index contributed by atoms with van der Waals surface area (Å²) in [5.41, 5.74) is 1.36. The van der Waals surface area contributed by atoms with Crippen LogP contribution in [0.3, 0.4) is 0 Å². The zero-order chi connectivity index (χ0) is 9.14. The quantitative estimate of drug-likeness (QED) is 0.612. The minimum Gasteiger partial charge on any atom is -0.306 e. The van der Waals surface area contributed by atoms with Crippen molar-refractivity contribution in [3.05, 3.63) is 40.6 Å². The molecular weight excluding hydrogens is 152 g/mol. The molecular formula is C9H12N2O. The van der Waals surface area contributed by atoms with E-state index >= 15 is 0 Å². The normalized spacial score (nSPS) is 9.83. The Balaban J connectivity index is 3.32. The van der Waals surface area contributed by atoms with Gasteiger partial charge in [-0.2, -0.15) is 0 Å². The van der Waals surface area contributed by atoms with Crippen LogP contribution in [0.25, 0.3) is 0 Å². The molecule has 1 rings (SSSR count). The highest BCUT2D eigenvalue weighted by molar-refractivity contribution is 5.03. The minimum atomic E-state index is -0.0325. The summed E-state index contributed by atoms with van der Waals surface area (Å²) in [6.45, 7) is 7.71. The Morgan fingerprint density at radius 2 is 2.33 bits per heavy atom. The van der Waals surface area contributed by atoms with E-state index in [1.165, 1.54) is 0 Å². The lowest BCUT2D eigenvalue weighted by Gasteiger charge is -2.06. The number of nitrogens with zero attached hydrogens (tertiary/aromatic N) is 2. The first-order valence-electron chi connectivity index (χ1n) is 3.80. The molecule has 0 saturated carbocycles. The third-order valence-electron chi connectivity index (χ3n) is 1.74. The molecule has 0 bridgehead atoms. The molecule has 3 heteroatoms. The Morgan fingerprint density at radius 1 is 1.67 bits per heavy atom. The summed E-state index contributed by atoms with van der Waals surface area (Å²) in [4.78, 5) is 15.4. The van der Waals surface area contributed by atoms with Crippen molar-refractivity contribution in [3.63, 3.8) is 0 Å². The molecule has 0 atom stereocenters. The average molecular weight is 164 g/mol. The first-order valence-corrected chi connectivity index (χ1v) is 3.80. The number of hydrogen-bond acceptors (Lipinski definition) is 2. The van der Waals surface area contributed by atoms with Crippen LogP contribution in [0, 0.1) is 13.8 Å². The molecule has 12 heavy (non-hydrogen) atoms. The third-order valence-corrected chi connectivity index (χ3v) is 1.74. The summed E-state index contributed by atoms with van der Waals surface area (Å²) in [7, 11) is 0.